The highest BCUT2D eigenvalue weighted by Gasteiger charge is 2.26. The molecular formula is C16H13N3O3S. The molecule has 1 aliphatic rings. The van der Waals surface area contributed by atoms with Crippen molar-refractivity contribution in [2.75, 3.05) is 6.61 Å². The first kappa shape index (κ1) is 14.0. The molecule has 23 heavy (non-hydrogen) atoms. The maximum atomic E-state index is 12.3. The number of benzene rings is 2. The van der Waals surface area contributed by atoms with Crippen LogP contribution in [0.25, 0.3) is 11.0 Å². The van der Waals surface area contributed by atoms with E-state index >= 15 is 0 Å². The summed E-state index contributed by atoms with van der Waals surface area (Å²) in [5, 5.41) is 2.87. The molecule has 3 aromatic rings. The van der Waals surface area contributed by atoms with Gasteiger partial charge in [0.1, 0.15) is 17.6 Å². The van der Waals surface area contributed by atoms with Crippen LogP contribution in [0.15, 0.2) is 42.5 Å². The molecule has 116 valence electrons. The Balaban J connectivity index is 1.40. The summed E-state index contributed by atoms with van der Waals surface area (Å²) < 4.78 is 19.6. The Morgan fingerprint density at radius 3 is 2.91 bits per heavy atom. The lowest BCUT2D eigenvalue weighted by Crippen LogP contribution is -2.43. The number of hydrogen-bond acceptors (Lipinski definition) is 6. The fraction of sp³-hybridized carbons (Fsp3) is 0.188. The van der Waals surface area contributed by atoms with Gasteiger partial charge in [0.15, 0.2) is 11.5 Å². The molecule has 0 bridgehead atoms. The van der Waals surface area contributed by atoms with E-state index in [0.29, 0.717) is 18.0 Å². The number of carbonyl (C=O) groups is 1. The number of nitrogens with zero attached hydrogens (tertiary/aromatic N) is 2. The van der Waals surface area contributed by atoms with Crippen LogP contribution >= 0.6 is 11.7 Å². The molecule has 0 fully saturated rings. The van der Waals surface area contributed by atoms with Crippen LogP contribution in [0.4, 0.5) is 0 Å². The van der Waals surface area contributed by atoms with Crippen molar-refractivity contribution in [1.82, 2.24) is 14.1 Å². The molecule has 1 N–H and O–H groups in total. The van der Waals surface area contributed by atoms with E-state index in [9.17, 15) is 4.79 Å². The molecular weight excluding hydrogens is 314 g/mol. The third-order valence-electron chi connectivity index (χ3n) is 3.59. The van der Waals surface area contributed by atoms with Crippen molar-refractivity contribution in [2.45, 2.75) is 12.6 Å². The second kappa shape index (κ2) is 5.85. The molecule has 1 amide bonds. The van der Waals surface area contributed by atoms with E-state index in [1.807, 2.05) is 36.4 Å². The summed E-state index contributed by atoms with van der Waals surface area (Å²) >= 11 is 1.18. The van der Waals surface area contributed by atoms with E-state index in [2.05, 4.69) is 14.1 Å². The summed E-state index contributed by atoms with van der Waals surface area (Å²) in [5.74, 6) is 1.06. The van der Waals surface area contributed by atoms with Crippen LogP contribution in [0, 0.1) is 0 Å². The van der Waals surface area contributed by atoms with Gasteiger partial charge in [0.25, 0.3) is 5.91 Å². The first-order valence-corrected chi connectivity index (χ1v) is 7.90. The average Bonchev–Trinajstić information content (AvgIpc) is 3.07. The summed E-state index contributed by atoms with van der Waals surface area (Å²) in [6.45, 7) is 0.617. The molecule has 2 aromatic carbocycles. The SMILES string of the molecule is O=C(NCc1ccc2nsnc2c1)C1COc2ccccc2O1. The standard InChI is InChI=1S/C16H13N3O3S/c20-16(15-9-21-13-3-1-2-4-14(13)22-15)17-8-10-5-6-11-12(7-10)19-23-18-11/h1-7,15H,8-9H2,(H,17,20). The molecule has 1 unspecified atom stereocenters. The normalized spacial score (nSPS) is 16.3. The number of nitrogens with one attached hydrogen (secondary N) is 1. The summed E-state index contributed by atoms with van der Waals surface area (Å²) in [7, 11) is 0. The molecule has 0 saturated carbocycles. The number of carbonyl (C=O) groups excluding carboxylic acids is 1. The van der Waals surface area contributed by atoms with Crippen LogP contribution in [0.5, 0.6) is 11.5 Å². The molecule has 6 nitrogen and oxygen atoms in total. The van der Waals surface area contributed by atoms with Gasteiger partial charge in [-0.25, -0.2) is 0 Å². The Morgan fingerprint density at radius 1 is 1.17 bits per heavy atom. The smallest absolute Gasteiger partial charge is 0.264 e. The first-order valence-electron chi connectivity index (χ1n) is 7.17. The highest BCUT2D eigenvalue weighted by atomic mass is 32.1. The van der Waals surface area contributed by atoms with Gasteiger partial charge in [-0.1, -0.05) is 18.2 Å². The molecule has 4 rings (SSSR count). The van der Waals surface area contributed by atoms with E-state index in [-0.39, 0.29) is 12.5 Å². The number of hydrogen-bond donors (Lipinski definition) is 1. The third kappa shape index (κ3) is 2.83. The van der Waals surface area contributed by atoms with Crippen molar-refractivity contribution in [3.63, 3.8) is 0 Å². The minimum atomic E-state index is -0.644. The molecule has 2 heterocycles. The van der Waals surface area contributed by atoms with Crippen molar-refractivity contribution in [1.29, 1.82) is 0 Å². The molecule has 0 aliphatic carbocycles. The quantitative estimate of drug-likeness (QED) is 0.798. The molecule has 1 aromatic heterocycles. The minimum absolute atomic E-state index is 0.198. The number of para-hydroxylation sites is 2. The Hall–Kier alpha value is -2.67. The average molecular weight is 327 g/mol. The van der Waals surface area contributed by atoms with Gasteiger partial charge < -0.3 is 14.8 Å². The van der Waals surface area contributed by atoms with E-state index in [1.54, 1.807) is 6.07 Å². The molecule has 0 spiro atoms. The monoisotopic (exact) mass is 327 g/mol. The van der Waals surface area contributed by atoms with Crippen LogP contribution in [-0.2, 0) is 11.3 Å². The zero-order valence-corrected chi connectivity index (χ0v) is 12.9. The molecule has 1 aliphatic heterocycles. The fourth-order valence-electron chi connectivity index (χ4n) is 2.39. The number of fused-ring (bicyclic) bond motifs is 2. The van der Waals surface area contributed by atoms with Crippen LogP contribution < -0.4 is 14.8 Å². The number of ether oxygens (including phenoxy) is 2. The topological polar surface area (TPSA) is 73.3 Å². The Kier molecular flexibility index (Phi) is 3.55. The maximum absolute atomic E-state index is 12.3. The van der Waals surface area contributed by atoms with Crippen LogP contribution in [0.3, 0.4) is 0 Å². The van der Waals surface area contributed by atoms with E-state index in [1.165, 1.54) is 11.7 Å². The third-order valence-corrected chi connectivity index (χ3v) is 4.14. The van der Waals surface area contributed by atoms with Crippen LogP contribution in [0.1, 0.15) is 5.56 Å². The highest BCUT2D eigenvalue weighted by molar-refractivity contribution is 7.00. The van der Waals surface area contributed by atoms with Gasteiger partial charge in [-0.05, 0) is 29.8 Å². The van der Waals surface area contributed by atoms with Gasteiger partial charge in [0.05, 0.1) is 11.7 Å². The van der Waals surface area contributed by atoms with Gasteiger partial charge >= 0.3 is 0 Å². The lowest BCUT2D eigenvalue weighted by molar-refractivity contribution is -0.130. The zero-order chi connectivity index (χ0) is 15.6. The van der Waals surface area contributed by atoms with Crippen molar-refractivity contribution in [2.24, 2.45) is 0 Å². The van der Waals surface area contributed by atoms with E-state index in [4.69, 9.17) is 9.47 Å². The van der Waals surface area contributed by atoms with Crippen LogP contribution in [0.2, 0.25) is 0 Å². The maximum Gasteiger partial charge on any atom is 0.264 e. The van der Waals surface area contributed by atoms with Crippen molar-refractivity contribution in [3.05, 3.63) is 48.0 Å². The second-order valence-corrected chi connectivity index (χ2v) is 5.70. The fourth-order valence-corrected chi connectivity index (χ4v) is 2.91. The zero-order valence-electron chi connectivity index (χ0n) is 12.1. The second-order valence-electron chi connectivity index (χ2n) is 5.17. The minimum Gasteiger partial charge on any atom is -0.485 e. The van der Waals surface area contributed by atoms with Gasteiger partial charge in [-0.15, -0.1) is 0 Å². The van der Waals surface area contributed by atoms with Crippen molar-refractivity contribution < 1.29 is 14.3 Å². The van der Waals surface area contributed by atoms with E-state index < -0.39 is 6.10 Å². The summed E-state index contributed by atoms with van der Waals surface area (Å²) in [5.41, 5.74) is 2.68. The summed E-state index contributed by atoms with van der Waals surface area (Å²) in [4.78, 5) is 12.3. The summed E-state index contributed by atoms with van der Waals surface area (Å²) in [6, 6.07) is 13.1. The van der Waals surface area contributed by atoms with Gasteiger partial charge in [0.2, 0.25) is 6.10 Å². The predicted octanol–water partition coefficient (Wildman–Crippen LogP) is 2.15. The molecule has 0 radical (unpaired) electrons. The molecule has 0 saturated heterocycles. The predicted molar refractivity (Wildman–Crippen MR) is 85.6 cm³/mol. The number of rotatable bonds is 3. The highest BCUT2D eigenvalue weighted by Crippen LogP contribution is 2.30. The van der Waals surface area contributed by atoms with Gasteiger partial charge in [-0.2, -0.15) is 8.75 Å². The van der Waals surface area contributed by atoms with Gasteiger partial charge in [-0.3, -0.25) is 4.79 Å². The van der Waals surface area contributed by atoms with E-state index in [0.717, 1.165) is 16.6 Å². The number of amides is 1. The largest absolute Gasteiger partial charge is 0.485 e. The summed E-state index contributed by atoms with van der Waals surface area (Å²) in [6.07, 6.45) is -0.644. The van der Waals surface area contributed by atoms with Crippen molar-refractivity contribution in [3.8, 4) is 11.5 Å². The first-order chi connectivity index (χ1) is 11.3. The molecule has 7 heteroatoms. The number of aromatic nitrogens is 2. The Bertz CT molecular complexity index is 864. The lowest BCUT2D eigenvalue weighted by Gasteiger charge is -2.25. The Labute approximate surface area is 136 Å². The van der Waals surface area contributed by atoms with Gasteiger partial charge in [0, 0.05) is 6.54 Å². The van der Waals surface area contributed by atoms with Crippen molar-refractivity contribution >= 4 is 28.7 Å². The van der Waals surface area contributed by atoms with Crippen LogP contribution in [-0.4, -0.2) is 27.4 Å². The lowest BCUT2D eigenvalue weighted by atomic mass is 10.2. The Morgan fingerprint density at radius 2 is 2.00 bits per heavy atom. The molecule has 1 atom stereocenters.